The van der Waals surface area contributed by atoms with Gasteiger partial charge in [-0.25, -0.2) is 0 Å². The third kappa shape index (κ3) is 2.61. The Kier molecular flexibility index (Phi) is 3.58. The Morgan fingerprint density at radius 3 is 2.75 bits per heavy atom. The summed E-state index contributed by atoms with van der Waals surface area (Å²) in [5, 5.41) is 4.83. The molecule has 1 heterocycles. The van der Waals surface area contributed by atoms with Crippen molar-refractivity contribution in [1.82, 2.24) is 10.1 Å². The number of benzene rings is 1. The summed E-state index contributed by atoms with van der Waals surface area (Å²) in [5.41, 5.74) is 5.70. The van der Waals surface area contributed by atoms with Gasteiger partial charge in [0, 0.05) is 6.07 Å². The van der Waals surface area contributed by atoms with E-state index in [1.807, 2.05) is 0 Å². The number of hydrogen-bond acceptors (Lipinski definition) is 5. The molecule has 106 valence electrons. The predicted octanol–water partition coefficient (Wildman–Crippen LogP) is 3.29. The highest BCUT2D eigenvalue weighted by atomic mass is 35.5. The molecule has 2 N–H and O–H groups in total. The molecule has 0 spiro atoms. The molecule has 3 rings (SSSR count). The van der Waals surface area contributed by atoms with Crippen LogP contribution in [0.3, 0.4) is 0 Å². The lowest BCUT2D eigenvalue weighted by atomic mass is 9.77. The fraction of sp³-hybridized carbons (Fsp3) is 0.385. The van der Waals surface area contributed by atoms with Crippen LogP contribution in [0.15, 0.2) is 22.7 Å². The molecule has 1 aromatic carbocycles. The van der Waals surface area contributed by atoms with Crippen molar-refractivity contribution in [3.05, 3.63) is 40.0 Å². The van der Waals surface area contributed by atoms with Crippen LogP contribution in [0.1, 0.15) is 31.0 Å². The van der Waals surface area contributed by atoms with Crippen LogP contribution in [0, 0.1) is 0 Å². The number of aromatic nitrogens is 2. The Hall–Kier alpha value is -1.30. The molecule has 0 saturated heterocycles. The van der Waals surface area contributed by atoms with Crippen LogP contribution in [-0.2, 0) is 12.1 Å². The number of halogens is 2. The van der Waals surface area contributed by atoms with Gasteiger partial charge in [0.25, 0.3) is 5.89 Å². The molecule has 1 fully saturated rings. The van der Waals surface area contributed by atoms with Gasteiger partial charge in [-0.2, -0.15) is 4.98 Å². The first kappa shape index (κ1) is 13.7. The van der Waals surface area contributed by atoms with Crippen molar-refractivity contribution in [2.75, 3.05) is 0 Å². The monoisotopic (exact) mass is 313 g/mol. The largest absolute Gasteiger partial charge is 0.484 e. The smallest absolute Gasteiger partial charge is 0.264 e. The number of hydrogen-bond donors (Lipinski definition) is 1. The topological polar surface area (TPSA) is 74.2 Å². The van der Waals surface area contributed by atoms with Gasteiger partial charge in [0.05, 0.1) is 15.6 Å². The van der Waals surface area contributed by atoms with E-state index in [1.165, 1.54) is 0 Å². The van der Waals surface area contributed by atoms with E-state index in [0.717, 1.165) is 19.3 Å². The molecule has 0 amide bonds. The van der Waals surface area contributed by atoms with E-state index >= 15 is 0 Å². The average Bonchev–Trinajstić information content (AvgIpc) is 2.86. The van der Waals surface area contributed by atoms with Gasteiger partial charge >= 0.3 is 0 Å². The number of ether oxygens (including phenoxy) is 1. The molecule has 7 heteroatoms. The number of nitrogens with two attached hydrogens (primary N) is 1. The second-order valence-electron chi connectivity index (χ2n) is 4.89. The Balaban J connectivity index is 1.65. The maximum absolute atomic E-state index is 6.12. The summed E-state index contributed by atoms with van der Waals surface area (Å²) in [6.45, 7) is 0.168. The molecular formula is C13H13Cl2N3O2. The molecule has 0 aliphatic heterocycles. The summed E-state index contributed by atoms with van der Waals surface area (Å²) in [6, 6.07) is 5.03. The van der Waals surface area contributed by atoms with Crippen molar-refractivity contribution in [3.63, 3.8) is 0 Å². The van der Waals surface area contributed by atoms with E-state index in [9.17, 15) is 0 Å². The van der Waals surface area contributed by atoms with Gasteiger partial charge < -0.3 is 15.0 Å². The van der Waals surface area contributed by atoms with Crippen molar-refractivity contribution in [3.8, 4) is 5.75 Å². The van der Waals surface area contributed by atoms with E-state index in [4.69, 9.17) is 38.2 Å². The lowest BCUT2D eigenvalue weighted by Gasteiger charge is -2.34. The molecule has 1 aliphatic rings. The van der Waals surface area contributed by atoms with Crippen LogP contribution >= 0.6 is 23.2 Å². The highest BCUT2D eigenvalue weighted by Gasteiger charge is 2.38. The second kappa shape index (κ2) is 5.24. The van der Waals surface area contributed by atoms with Gasteiger partial charge in [0.1, 0.15) is 5.75 Å². The first-order valence-corrected chi connectivity index (χ1v) is 7.02. The van der Waals surface area contributed by atoms with E-state index in [2.05, 4.69) is 10.1 Å². The summed E-state index contributed by atoms with van der Waals surface area (Å²) in [5.74, 6) is 1.53. The van der Waals surface area contributed by atoms with Gasteiger partial charge in [-0.15, -0.1) is 0 Å². The van der Waals surface area contributed by atoms with Crippen molar-refractivity contribution < 1.29 is 9.26 Å². The van der Waals surface area contributed by atoms with E-state index in [1.54, 1.807) is 18.2 Å². The first-order valence-electron chi connectivity index (χ1n) is 6.27. The van der Waals surface area contributed by atoms with Crippen molar-refractivity contribution in [2.24, 2.45) is 5.73 Å². The molecule has 20 heavy (non-hydrogen) atoms. The molecule has 0 unspecified atom stereocenters. The lowest BCUT2D eigenvalue weighted by molar-refractivity contribution is 0.223. The third-order valence-corrected chi connectivity index (χ3v) is 4.15. The van der Waals surface area contributed by atoms with Crippen molar-refractivity contribution in [1.29, 1.82) is 0 Å². The Labute approximate surface area is 126 Å². The minimum absolute atomic E-state index is 0.168. The Morgan fingerprint density at radius 2 is 2.10 bits per heavy atom. The van der Waals surface area contributed by atoms with Crippen LogP contribution in [0.4, 0.5) is 0 Å². The summed E-state index contributed by atoms with van der Waals surface area (Å²) < 4.78 is 10.7. The standard InChI is InChI=1S/C13H13Cl2N3O2/c14-9-3-2-8(6-10(9)15)19-7-11-17-12(18-20-11)13(16)4-1-5-13/h2-3,6H,1,4-5,7,16H2. The van der Waals surface area contributed by atoms with Gasteiger partial charge in [0.15, 0.2) is 12.4 Å². The lowest BCUT2D eigenvalue weighted by Crippen LogP contribution is -2.44. The number of nitrogens with zero attached hydrogens (tertiary/aromatic N) is 2. The maximum atomic E-state index is 6.12. The minimum atomic E-state index is -0.425. The Bertz CT molecular complexity index is 626. The van der Waals surface area contributed by atoms with Gasteiger partial charge in [0.2, 0.25) is 0 Å². The van der Waals surface area contributed by atoms with Crippen LogP contribution in [-0.4, -0.2) is 10.1 Å². The van der Waals surface area contributed by atoms with Crippen LogP contribution < -0.4 is 10.5 Å². The van der Waals surface area contributed by atoms with Crippen LogP contribution in [0.2, 0.25) is 10.0 Å². The molecule has 0 atom stereocenters. The van der Waals surface area contributed by atoms with Crippen LogP contribution in [0.25, 0.3) is 0 Å². The van der Waals surface area contributed by atoms with Gasteiger partial charge in [-0.1, -0.05) is 28.4 Å². The third-order valence-electron chi connectivity index (χ3n) is 3.41. The summed E-state index contributed by atoms with van der Waals surface area (Å²) in [6.07, 6.45) is 2.87. The minimum Gasteiger partial charge on any atom is -0.484 e. The van der Waals surface area contributed by atoms with E-state index in [-0.39, 0.29) is 6.61 Å². The fourth-order valence-electron chi connectivity index (χ4n) is 2.01. The zero-order chi connectivity index (χ0) is 14.2. The Morgan fingerprint density at radius 1 is 1.30 bits per heavy atom. The highest BCUT2D eigenvalue weighted by molar-refractivity contribution is 6.42. The summed E-state index contributed by atoms with van der Waals surface area (Å²) >= 11 is 11.7. The maximum Gasteiger partial charge on any atom is 0.264 e. The van der Waals surface area contributed by atoms with Crippen molar-refractivity contribution >= 4 is 23.2 Å². The quantitative estimate of drug-likeness (QED) is 0.937. The first-order chi connectivity index (χ1) is 9.57. The molecule has 2 aromatic rings. The van der Waals surface area contributed by atoms with Crippen LogP contribution in [0.5, 0.6) is 5.75 Å². The molecule has 1 aromatic heterocycles. The predicted molar refractivity (Wildman–Crippen MR) is 74.8 cm³/mol. The summed E-state index contributed by atoms with van der Waals surface area (Å²) in [7, 11) is 0. The highest BCUT2D eigenvalue weighted by Crippen LogP contribution is 2.36. The van der Waals surface area contributed by atoms with Gasteiger partial charge in [-0.05, 0) is 31.4 Å². The zero-order valence-corrected chi connectivity index (χ0v) is 12.1. The molecule has 5 nitrogen and oxygen atoms in total. The molecule has 0 bridgehead atoms. The van der Waals surface area contributed by atoms with E-state index < -0.39 is 5.54 Å². The molecular weight excluding hydrogens is 301 g/mol. The normalized spacial score (nSPS) is 16.8. The molecule has 0 radical (unpaired) electrons. The SMILES string of the molecule is NC1(c2noc(COc3ccc(Cl)c(Cl)c3)n2)CCC1. The molecule has 1 aliphatic carbocycles. The molecule has 1 saturated carbocycles. The van der Waals surface area contributed by atoms with Gasteiger partial charge in [-0.3, -0.25) is 0 Å². The summed E-state index contributed by atoms with van der Waals surface area (Å²) in [4.78, 5) is 4.27. The average molecular weight is 314 g/mol. The van der Waals surface area contributed by atoms with E-state index in [0.29, 0.717) is 27.5 Å². The van der Waals surface area contributed by atoms with Crippen molar-refractivity contribution in [2.45, 2.75) is 31.4 Å². The second-order valence-corrected chi connectivity index (χ2v) is 5.70. The fourth-order valence-corrected chi connectivity index (χ4v) is 2.30. The number of rotatable bonds is 4. The zero-order valence-electron chi connectivity index (χ0n) is 10.6.